The maximum absolute atomic E-state index is 13.1. The van der Waals surface area contributed by atoms with Crippen molar-refractivity contribution in [1.29, 1.82) is 0 Å². The molecule has 4 aromatic rings. The molecule has 12 heteroatoms. The molecule has 2 aromatic heterocycles. The Hall–Kier alpha value is -3.74. The highest BCUT2D eigenvalue weighted by molar-refractivity contribution is 7.89. The summed E-state index contributed by atoms with van der Waals surface area (Å²) < 4.78 is 33.8. The van der Waals surface area contributed by atoms with E-state index >= 15 is 0 Å². The lowest BCUT2D eigenvalue weighted by molar-refractivity contribution is -0.141. The van der Waals surface area contributed by atoms with Gasteiger partial charge in [0.1, 0.15) is 22.2 Å². The largest absolute Gasteiger partial charge is 0.480 e. The molecule has 0 saturated heterocycles. The van der Waals surface area contributed by atoms with Crippen LogP contribution in [-0.4, -0.2) is 46.4 Å². The minimum atomic E-state index is -4.20. The van der Waals surface area contributed by atoms with Crippen molar-refractivity contribution in [3.63, 3.8) is 0 Å². The molecule has 182 valence electrons. The molecule has 4 rings (SSSR count). The van der Waals surface area contributed by atoms with Crippen LogP contribution in [-0.2, 0) is 21.4 Å². The number of para-hydroxylation sites is 1. The second-order valence-electron chi connectivity index (χ2n) is 7.60. The molecule has 0 bridgehead atoms. The number of carbonyl (C=O) groups is 1. The van der Waals surface area contributed by atoms with E-state index in [0.29, 0.717) is 21.7 Å². The van der Waals surface area contributed by atoms with E-state index in [9.17, 15) is 27.9 Å². The Labute approximate surface area is 203 Å². The number of aromatic nitrogens is 2. The van der Waals surface area contributed by atoms with Gasteiger partial charge in [0.15, 0.2) is 0 Å². The van der Waals surface area contributed by atoms with Crippen molar-refractivity contribution in [2.24, 2.45) is 0 Å². The normalized spacial score (nSPS) is 12.6. The monoisotopic (exact) mass is 515 g/mol. The maximum atomic E-state index is 13.1. The first kappa shape index (κ1) is 24.4. The summed E-state index contributed by atoms with van der Waals surface area (Å²) in [4.78, 5) is 39.3. The molecular formula is C23H21N3O7S2. The van der Waals surface area contributed by atoms with Crippen molar-refractivity contribution in [1.82, 2.24) is 13.9 Å². The molecule has 0 aliphatic rings. The number of fused-ring (bicyclic) bond motifs is 1. The summed E-state index contributed by atoms with van der Waals surface area (Å²) in [5.74, 6) is -0.408. The smallest absolute Gasteiger partial charge is 0.328 e. The predicted octanol–water partition coefficient (Wildman–Crippen LogP) is 2.71. The van der Waals surface area contributed by atoms with Crippen molar-refractivity contribution >= 4 is 37.5 Å². The van der Waals surface area contributed by atoms with Gasteiger partial charge in [-0.25, -0.2) is 13.2 Å². The van der Waals surface area contributed by atoms with Gasteiger partial charge >= 0.3 is 11.7 Å². The summed E-state index contributed by atoms with van der Waals surface area (Å²) in [6.07, 6.45) is -0.292. The van der Waals surface area contributed by atoms with Crippen LogP contribution in [0.15, 0.2) is 80.5 Å². The van der Waals surface area contributed by atoms with Crippen molar-refractivity contribution in [2.45, 2.75) is 23.9 Å². The van der Waals surface area contributed by atoms with Crippen LogP contribution >= 0.6 is 11.3 Å². The van der Waals surface area contributed by atoms with E-state index in [1.807, 2.05) is 6.07 Å². The highest BCUT2D eigenvalue weighted by Gasteiger charge is 2.33. The number of nitrogens with zero attached hydrogens (tertiary/aromatic N) is 2. The minimum Gasteiger partial charge on any atom is -0.480 e. The number of carboxylic acids is 1. The second kappa shape index (κ2) is 9.86. The van der Waals surface area contributed by atoms with Gasteiger partial charge in [0.25, 0.3) is 5.56 Å². The first-order valence-electron chi connectivity index (χ1n) is 10.4. The highest BCUT2D eigenvalue weighted by atomic mass is 32.2. The first-order chi connectivity index (χ1) is 16.7. The zero-order valence-corrected chi connectivity index (χ0v) is 20.1. The average Bonchev–Trinajstić information content (AvgIpc) is 3.30. The number of likely N-dealkylation sites (N-methyl/N-ethyl adjacent to an activating group) is 1. The molecule has 1 unspecified atom stereocenters. The molecule has 0 saturated carbocycles. The van der Waals surface area contributed by atoms with Crippen LogP contribution in [0.1, 0.15) is 6.42 Å². The van der Waals surface area contributed by atoms with Gasteiger partial charge in [-0.3, -0.25) is 14.2 Å². The lowest BCUT2D eigenvalue weighted by Crippen LogP contribution is -2.44. The fourth-order valence-corrected chi connectivity index (χ4v) is 5.66. The lowest BCUT2D eigenvalue weighted by atomic mass is 10.2. The zero-order valence-electron chi connectivity index (χ0n) is 18.5. The fourth-order valence-electron chi connectivity index (χ4n) is 3.52. The average molecular weight is 516 g/mol. The van der Waals surface area contributed by atoms with Crippen molar-refractivity contribution in [3.05, 3.63) is 86.9 Å². The molecule has 35 heavy (non-hydrogen) atoms. The van der Waals surface area contributed by atoms with Gasteiger partial charge in [0, 0.05) is 13.6 Å². The van der Waals surface area contributed by atoms with Crippen LogP contribution < -0.4 is 16.0 Å². The third kappa shape index (κ3) is 5.04. The number of hydrogen-bond donors (Lipinski definition) is 2. The Balaban J connectivity index is 1.53. The van der Waals surface area contributed by atoms with Gasteiger partial charge in [0.2, 0.25) is 10.0 Å². The number of H-pyrrole nitrogens is 1. The number of sulfonamides is 1. The Morgan fingerprint density at radius 1 is 1.09 bits per heavy atom. The number of benzene rings is 2. The lowest BCUT2D eigenvalue weighted by Gasteiger charge is -2.24. The summed E-state index contributed by atoms with van der Waals surface area (Å²) >= 11 is 1.15. The molecule has 0 amide bonds. The van der Waals surface area contributed by atoms with E-state index in [2.05, 4.69) is 4.98 Å². The van der Waals surface area contributed by atoms with Gasteiger partial charge in [-0.2, -0.15) is 4.31 Å². The summed E-state index contributed by atoms with van der Waals surface area (Å²) in [6.45, 7) is -0.275. The number of hydrogen-bond acceptors (Lipinski definition) is 7. The Kier molecular flexibility index (Phi) is 6.87. The second-order valence-corrected chi connectivity index (χ2v) is 10.5. The van der Waals surface area contributed by atoms with Gasteiger partial charge in [-0.15, -0.1) is 11.3 Å². The van der Waals surface area contributed by atoms with E-state index in [4.69, 9.17) is 4.74 Å². The number of rotatable bonds is 9. The van der Waals surface area contributed by atoms with Gasteiger partial charge in [-0.05, 0) is 54.3 Å². The SMILES string of the molecule is CN(C(CCn1c(=O)[nH]c2ccsc2c1=O)C(=O)O)S(=O)(=O)c1ccc(Oc2ccccc2)cc1. The summed E-state index contributed by atoms with van der Waals surface area (Å²) in [7, 11) is -3.05. The Bertz CT molecular complexity index is 1570. The molecule has 1 atom stereocenters. The van der Waals surface area contributed by atoms with Crippen LogP contribution in [0.5, 0.6) is 11.5 Å². The molecular weight excluding hydrogens is 494 g/mol. The molecule has 0 spiro atoms. The highest BCUT2D eigenvalue weighted by Crippen LogP contribution is 2.25. The topological polar surface area (TPSA) is 139 Å². The first-order valence-corrected chi connectivity index (χ1v) is 12.7. The number of aliphatic carboxylic acids is 1. The molecule has 2 aromatic carbocycles. The molecule has 0 aliphatic heterocycles. The van der Waals surface area contributed by atoms with E-state index in [-0.39, 0.29) is 17.9 Å². The maximum Gasteiger partial charge on any atom is 0.328 e. The van der Waals surface area contributed by atoms with Crippen LogP contribution in [0.25, 0.3) is 10.2 Å². The molecule has 0 fully saturated rings. The quantitative estimate of drug-likeness (QED) is 0.349. The number of thiophene rings is 1. The number of ether oxygens (including phenoxy) is 1. The Morgan fingerprint density at radius 2 is 1.74 bits per heavy atom. The molecule has 10 nitrogen and oxygen atoms in total. The minimum absolute atomic E-state index is 0.123. The summed E-state index contributed by atoms with van der Waals surface area (Å²) in [5.41, 5.74) is -0.845. The van der Waals surface area contributed by atoms with Gasteiger partial charge < -0.3 is 14.8 Å². The third-order valence-corrected chi connectivity index (χ3v) is 8.20. The van der Waals surface area contributed by atoms with Crippen LogP contribution in [0, 0.1) is 0 Å². The van der Waals surface area contributed by atoms with Crippen LogP contribution in [0.2, 0.25) is 0 Å². The van der Waals surface area contributed by atoms with E-state index < -0.39 is 33.3 Å². The Morgan fingerprint density at radius 3 is 2.40 bits per heavy atom. The van der Waals surface area contributed by atoms with Crippen molar-refractivity contribution < 1.29 is 23.1 Å². The standard InChI is InChI=1S/C23H21N3O7S2/c1-25(35(31,32)17-9-7-16(8-10-17)33-15-5-3-2-4-6-15)19(22(28)29)11-13-26-21(27)20-18(12-14-34-20)24-23(26)30/h2-10,12,14,19H,11,13H2,1H3,(H,24,30)(H,28,29). The van der Waals surface area contributed by atoms with Crippen molar-refractivity contribution in [2.75, 3.05) is 7.05 Å². The predicted molar refractivity (Wildman–Crippen MR) is 131 cm³/mol. The molecule has 0 radical (unpaired) electrons. The molecule has 2 N–H and O–H groups in total. The van der Waals surface area contributed by atoms with Crippen LogP contribution in [0.4, 0.5) is 0 Å². The third-order valence-electron chi connectivity index (χ3n) is 5.42. The van der Waals surface area contributed by atoms with Gasteiger partial charge in [0.05, 0.1) is 10.4 Å². The number of nitrogens with one attached hydrogen (secondary N) is 1. The van der Waals surface area contributed by atoms with E-state index in [1.165, 1.54) is 24.3 Å². The van der Waals surface area contributed by atoms with E-state index in [1.54, 1.807) is 35.7 Å². The van der Waals surface area contributed by atoms with Crippen LogP contribution in [0.3, 0.4) is 0 Å². The number of aromatic amines is 1. The summed E-state index contributed by atoms with van der Waals surface area (Å²) in [6, 6.07) is 14.6. The van der Waals surface area contributed by atoms with E-state index in [0.717, 1.165) is 27.3 Å². The zero-order chi connectivity index (χ0) is 25.2. The summed E-state index contributed by atoms with van der Waals surface area (Å²) in [5, 5.41) is 11.4. The van der Waals surface area contributed by atoms with Crippen molar-refractivity contribution in [3.8, 4) is 11.5 Å². The molecule has 2 heterocycles. The molecule has 0 aliphatic carbocycles. The number of carboxylic acid groups (broad SMARTS) is 1. The fraction of sp³-hybridized carbons (Fsp3) is 0.174. The van der Waals surface area contributed by atoms with Gasteiger partial charge in [-0.1, -0.05) is 18.2 Å².